The lowest BCUT2D eigenvalue weighted by Crippen LogP contribution is -2.35. The zero-order valence-corrected chi connectivity index (χ0v) is 22.6. The molecule has 1 aliphatic heterocycles. The van der Waals surface area contributed by atoms with Crippen LogP contribution in [0.25, 0.3) is 0 Å². The van der Waals surface area contributed by atoms with Crippen LogP contribution in [0.1, 0.15) is 43.6 Å². The van der Waals surface area contributed by atoms with Crippen LogP contribution < -0.4 is 14.8 Å². The molecule has 1 heterocycles. The number of hydrogen-bond donors (Lipinski definition) is 2. The molecule has 0 unspecified atom stereocenters. The molecule has 2 amide bonds. The first kappa shape index (κ1) is 28.0. The molecule has 2 N–H and O–H groups in total. The van der Waals surface area contributed by atoms with Crippen molar-refractivity contribution in [1.29, 1.82) is 0 Å². The maximum absolute atomic E-state index is 12.8. The van der Waals surface area contributed by atoms with Crippen molar-refractivity contribution >= 4 is 21.8 Å². The van der Waals surface area contributed by atoms with E-state index in [0.717, 1.165) is 12.1 Å². The van der Waals surface area contributed by atoms with E-state index in [4.69, 9.17) is 4.74 Å². The Hall–Kier alpha value is -3.59. The monoisotopic (exact) mass is 525 g/mol. The number of nitrogens with one attached hydrogen (secondary N) is 2. The summed E-state index contributed by atoms with van der Waals surface area (Å²) in [4.78, 5) is 27.0. The molecule has 0 aliphatic carbocycles. The molecule has 0 radical (unpaired) electrons. The normalized spacial score (nSPS) is 13.6. The van der Waals surface area contributed by atoms with Crippen molar-refractivity contribution in [2.24, 2.45) is 5.41 Å². The Morgan fingerprint density at radius 3 is 2.30 bits per heavy atom. The highest BCUT2D eigenvalue weighted by atomic mass is 32.2. The third kappa shape index (κ3) is 8.49. The first-order valence-electron chi connectivity index (χ1n) is 12.3. The molecule has 1 aliphatic rings. The number of nitrogens with zero attached hydrogens (tertiary/aromatic N) is 1. The van der Waals surface area contributed by atoms with Crippen LogP contribution in [-0.2, 0) is 21.2 Å². The van der Waals surface area contributed by atoms with Gasteiger partial charge in [-0.1, -0.05) is 45.1 Å². The molecule has 2 aromatic carbocycles. The van der Waals surface area contributed by atoms with E-state index in [1.54, 1.807) is 48.7 Å². The van der Waals surface area contributed by atoms with Crippen molar-refractivity contribution in [2.75, 3.05) is 26.2 Å². The predicted octanol–water partition coefficient (Wildman–Crippen LogP) is 3.66. The van der Waals surface area contributed by atoms with Gasteiger partial charge in [-0.25, -0.2) is 13.1 Å². The van der Waals surface area contributed by atoms with Crippen molar-refractivity contribution in [1.82, 2.24) is 14.9 Å². The molecule has 3 rings (SSSR count). The van der Waals surface area contributed by atoms with Gasteiger partial charge < -0.3 is 15.0 Å². The number of ether oxygens (including phenoxy) is 1. The summed E-state index contributed by atoms with van der Waals surface area (Å²) in [6, 6.07) is 13.2. The van der Waals surface area contributed by atoms with Crippen LogP contribution in [0.2, 0.25) is 0 Å². The topological polar surface area (TPSA) is 105 Å². The largest absolute Gasteiger partial charge is 0.494 e. The Kier molecular flexibility index (Phi) is 9.15. The van der Waals surface area contributed by atoms with Crippen molar-refractivity contribution in [3.8, 4) is 5.75 Å². The Morgan fingerprint density at radius 2 is 1.68 bits per heavy atom. The van der Waals surface area contributed by atoms with E-state index in [1.165, 1.54) is 12.1 Å². The summed E-state index contributed by atoms with van der Waals surface area (Å²) in [6.45, 7) is 10.6. The second-order valence-electron chi connectivity index (χ2n) is 10.0. The summed E-state index contributed by atoms with van der Waals surface area (Å²) >= 11 is 0. The molecule has 0 bridgehead atoms. The SMILES string of the molecule is CCOc1ccc(C(=O)NCCc2ccc(S(=O)(=O)NC(=O)C3=CN(CC(C)(C)C)CC=C3)cc2)cc1. The van der Waals surface area contributed by atoms with Gasteiger partial charge in [-0.15, -0.1) is 0 Å². The lowest BCUT2D eigenvalue weighted by molar-refractivity contribution is -0.115. The van der Waals surface area contributed by atoms with E-state index in [9.17, 15) is 18.0 Å². The molecule has 9 heteroatoms. The lowest BCUT2D eigenvalue weighted by Gasteiger charge is -2.30. The van der Waals surface area contributed by atoms with Crippen LogP contribution in [0, 0.1) is 5.41 Å². The standard InChI is InChI=1S/C28H35N3O5S/c1-5-36-24-12-10-22(11-13-24)26(32)29-17-16-21-8-14-25(15-9-21)37(34,35)30-27(33)23-7-6-18-31(19-23)20-28(2,3)4/h6-15,19H,5,16-18,20H2,1-4H3,(H,29,32)(H,30,33). The van der Waals surface area contributed by atoms with E-state index in [2.05, 4.69) is 30.8 Å². The zero-order chi connectivity index (χ0) is 27.1. The Balaban J connectivity index is 1.53. The van der Waals surface area contributed by atoms with Gasteiger partial charge in [0.1, 0.15) is 5.75 Å². The van der Waals surface area contributed by atoms with Gasteiger partial charge in [0.05, 0.1) is 17.1 Å². The maximum Gasteiger partial charge on any atom is 0.266 e. The van der Waals surface area contributed by atoms with Crippen molar-refractivity contribution in [3.63, 3.8) is 0 Å². The molecule has 0 atom stereocenters. The summed E-state index contributed by atoms with van der Waals surface area (Å²) in [5.74, 6) is -0.159. The minimum absolute atomic E-state index is 0.00467. The van der Waals surface area contributed by atoms with Gasteiger partial charge in [0.15, 0.2) is 0 Å². The maximum atomic E-state index is 12.8. The molecular weight excluding hydrogens is 490 g/mol. The summed E-state index contributed by atoms with van der Waals surface area (Å²) in [5.41, 5.74) is 1.71. The number of rotatable bonds is 10. The predicted molar refractivity (Wildman–Crippen MR) is 144 cm³/mol. The molecule has 2 aromatic rings. The van der Waals surface area contributed by atoms with Gasteiger partial charge in [0, 0.05) is 31.4 Å². The number of benzene rings is 2. The zero-order valence-electron chi connectivity index (χ0n) is 21.8. The van der Waals surface area contributed by atoms with Crippen LogP contribution in [0.15, 0.2) is 77.4 Å². The number of sulfonamides is 1. The van der Waals surface area contributed by atoms with Crippen LogP contribution in [0.5, 0.6) is 5.75 Å². The van der Waals surface area contributed by atoms with Crippen LogP contribution in [-0.4, -0.2) is 51.4 Å². The molecular formula is C28H35N3O5S. The second-order valence-corrected chi connectivity index (χ2v) is 11.7. The summed E-state index contributed by atoms with van der Waals surface area (Å²) in [6.07, 6.45) is 5.70. The Bertz CT molecular complexity index is 1260. The minimum atomic E-state index is -4.03. The molecule has 0 saturated carbocycles. The fourth-order valence-electron chi connectivity index (χ4n) is 3.83. The van der Waals surface area contributed by atoms with Crippen molar-refractivity contribution < 1.29 is 22.7 Å². The minimum Gasteiger partial charge on any atom is -0.494 e. The van der Waals surface area contributed by atoms with E-state index in [-0.39, 0.29) is 16.2 Å². The Labute approximate surface area is 219 Å². The number of hydrogen-bond acceptors (Lipinski definition) is 6. The summed E-state index contributed by atoms with van der Waals surface area (Å²) < 4.78 is 33.1. The highest BCUT2D eigenvalue weighted by Gasteiger charge is 2.22. The third-order valence-electron chi connectivity index (χ3n) is 5.49. The number of carbonyl (C=O) groups is 2. The summed E-state index contributed by atoms with van der Waals surface area (Å²) in [5, 5.41) is 2.85. The van der Waals surface area contributed by atoms with E-state index in [0.29, 0.717) is 43.0 Å². The smallest absolute Gasteiger partial charge is 0.266 e. The van der Waals surface area contributed by atoms with Crippen molar-refractivity contribution in [3.05, 3.63) is 83.6 Å². The van der Waals surface area contributed by atoms with Crippen LogP contribution >= 0.6 is 0 Å². The average molecular weight is 526 g/mol. The third-order valence-corrected chi connectivity index (χ3v) is 6.83. The molecule has 0 fully saturated rings. The highest BCUT2D eigenvalue weighted by molar-refractivity contribution is 7.90. The van der Waals surface area contributed by atoms with Gasteiger partial charge in [-0.05, 0) is 60.7 Å². The highest BCUT2D eigenvalue weighted by Crippen LogP contribution is 2.19. The quantitative estimate of drug-likeness (QED) is 0.491. The van der Waals surface area contributed by atoms with E-state index >= 15 is 0 Å². The first-order valence-corrected chi connectivity index (χ1v) is 13.7. The van der Waals surface area contributed by atoms with E-state index < -0.39 is 15.9 Å². The average Bonchev–Trinajstić information content (AvgIpc) is 2.84. The molecule has 0 spiro atoms. The fraction of sp³-hybridized carbons (Fsp3) is 0.357. The number of carbonyl (C=O) groups excluding carboxylic acids is 2. The van der Waals surface area contributed by atoms with Crippen LogP contribution in [0.4, 0.5) is 0 Å². The van der Waals surface area contributed by atoms with Gasteiger partial charge in [0.2, 0.25) is 0 Å². The number of amides is 2. The van der Waals surface area contributed by atoms with E-state index in [1.807, 2.05) is 17.9 Å². The molecule has 0 aromatic heterocycles. The fourth-order valence-corrected chi connectivity index (χ4v) is 4.80. The van der Waals surface area contributed by atoms with Crippen molar-refractivity contribution in [2.45, 2.75) is 39.0 Å². The lowest BCUT2D eigenvalue weighted by atomic mass is 9.96. The molecule has 37 heavy (non-hydrogen) atoms. The van der Waals surface area contributed by atoms with Gasteiger partial charge >= 0.3 is 0 Å². The molecule has 8 nitrogen and oxygen atoms in total. The van der Waals surface area contributed by atoms with Gasteiger partial charge in [-0.3, -0.25) is 9.59 Å². The molecule has 0 saturated heterocycles. The van der Waals surface area contributed by atoms with Gasteiger partial charge in [-0.2, -0.15) is 0 Å². The summed E-state index contributed by atoms with van der Waals surface area (Å²) in [7, 11) is -4.03. The molecule has 198 valence electrons. The van der Waals surface area contributed by atoms with Crippen LogP contribution in [0.3, 0.4) is 0 Å². The van der Waals surface area contributed by atoms with Gasteiger partial charge in [0.25, 0.3) is 21.8 Å². The Morgan fingerprint density at radius 1 is 1.00 bits per heavy atom. The first-order chi connectivity index (χ1) is 17.5. The second kappa shape index (κ2) is 12.1.